The second-order valence-corrected chi connectivity index (χ2v) is 2.70. The lowest BCUT2D eigenvalue weighted by Gasteiger charge is -1.99. The van der Waals surface area contributed by atoms with Crippen molar-refractivity contribution in [3.8, 4) is 0 Å². The van der Waals surface area contributed by atoms with Crippen LogP contribution < -0.4 is 5.32 Å². The minimum absolute atomic E-state index is 0.241. The number of carbonyl (C=O) groups is 1. The van der Waals surface area contributed by atoms with Crippen LogP contribution in [0.1, 0.15) is 10.5 Å². The Morgan fingerprint density at radius 2 is 2.58 bits per heavy atom. The molecule has 1 rings (SSSR count). The van der Waals surface area contributed by atoms with E-state index in [4.69, 9.17) is 11.6 Å². The van der Waals surface area contributed by atoms with Crippen LogP contribution in [-0.2, 0) is 0 Å². The maximum absolute atomic E-state index is 11.1. The van der Waals surface area contributed by atoms with Crippen molar-refractivity contribution in [2.24, 2.45) is 0 Å². The summed E-state index contributed by atoms with van der Waals surface area (Å²) in [4.78, 5) is 17.5. The molecule has 0 fully saturated rings. The molecule has 5 heteroatoms. The molecule has 1 heterocycles. The first-order chi connectivity index (χ1) is 5.70. The molecule has 1 aromatic heterocycles. The standard InChI is InChI=1S/C7H8ClN3O/c1-5(8)2-10-7(12)6-3-9-4-11-6/h3-4H,1-2H2,(H,9,11)(H,10,12). The van der Waals surface area contributed by atoms with Crippen molar-refractivity contribution in [1.29, 1.82) is 0 Å². The quantitative estimate of drug-likeness (QED) is 0.735. The lowest BCUT2D eigenvalue weighted by Crippen LogP contribution is -2.24. The van der Waals surface area contributed by atoms with Gasteiger partial charge < -0.3 is 10.3 Å². The fraction of sp³-hybridized carbons (Fsp3) is 0.143. The molecule has 64 valence electrons. The summed E-state index contributed by atoms with van der Waals surface area (Å²) < 4.78 is 0. The predicted molar refractivity (Wildman–Crippen MR) is 45.9 cm³/mol. The highest BCUT2D eigenvalue weighted by Gasteiger charge is 2.04. The van der Waals surface area contributed by atoms with Crippen molar-refractivity contribution in [3.05, 3.63) is 29.8 Å². The van der Waals surface area contributed by atoms with Gasteiger partial charge in [-0.1, -0.05) is 18.2 Å². The van der Waals surface area contributed by atoms with Crippen molar-refractivity contribution >= 4 is 17.5 Å². The number of halogens is 1. The first kappa shape index (κ1) is 8.80. The van der Waals surface area contributed by atoms with E-state index in [9.17, 15) is 4.79 Å². The summed E-state index contributed by atoms with van der Waals surface area (Å²) in [5.74, 6) is -0.241. The van der Waals surface area contributed by atoms with Gasteiger partial charge in [-0.25, -0.2) is 4.98 Å². The number of nitrogens with one attached hydrogen (secondary N) is 2. The van der Waals surface area contributed by atoms with E-state index in [1.54, 1.807) is 0 Å². The van der Waals surface area contributed by atoms with E-state index in [-0.39, 0.29) is 12.5 Å². The van der Waals surface area contributed by atoms with Crippen LogP contribution in [-0.4, -0.2) is 22.4 Å². The van der Waals surface area contributed by atoms with Gasteiger partial charge in [-0.3, -0.25) is 4.79 Å². The number of nitrogens with zero attached hydrogens (tertiary/aromatic N) is 1. The van der Waals surface area contributed by atoms with Crippen molar-refractivity contribution < 1.29 is 4.79 Å². The van der Waals surface area contributed by atoms with Gasteiger partial charge in [-0.05, 0) is 0 Å². The maximum Gasteiger partial charge on any atom is 0.269 e. The third kappa shape index (κ3) is 2.39. The third-order valence-corrected chi connectivity index (χ3v) is 1.32. The molecule has 0 spiro atoms. The first-order valence-electron chi connectivity index (χ1n) is 3.30. The van der Waals surface area contributed by atoms with E-state index >= 15 is 0 Å². The smallest absolute Gasteiger partial charge is 0.269 e. The van der Waals surface area contributed by atoms with E-state index in [1.807, 2.05) is 0 Å². The summed E-state index contributed by atoms with van der Waals surface area (Å²) in [6, 6.07) is 0. The molecule has 0 bridgehead atoms. The summed E-state index contributed by atoms with van der Waals surface area (Å²) in [5.41, 5.74) is 0.410. The third-order valence-electron chi connectivity index (χ3n) is 1.18. The molecule has 0 unspecified atom stereocenters. The average molecular weight is 186 g/mol. The fourth-order valence-electron chi connectivity index (χ4n) is 0.651. The summed E-state index contributed by atoms with van der Waals surface area (Å²) in [5, 5.41) is 2.93. The van der Waals surface area contributed by atoms with Crippen LogP contribution in [0.25, 0.3) is 0 Å². The first-order valence-corrected chi connectivity index (χ1v) is 3.68. The van der Waals surface area contributed by atoms with Gasteiger partial charge in [0.1, 0.15) is 5.69 Å². The fourth-order valence-corrected chi connectivity index (χ4v) is 0.718. The van der Waals surface area contributed by atoms with Gasteiger partial charge in [0.25, 0.3) is 5.91 Å². The SMILES string of the molecule is C=C(Cl)CNC(=O)c1cnc[nH]1. The molecule has 0 radical (unpaired) electrons. The number of carbonyl (C=O) groups excluding carboxylic acids is 1. The topological polar surface area (TPSA) is 57.8 Å². The molecule has 2 N–H and O–H groups in total. The lowest BCUT2D eigenvalue weighted by atomic mass is 10.4. The van der Waals surface area contributed by atoms with Crippen LogP contribution in [0, 0.1) is 0 Å². The van der Waals surface area contributed by atoms with Gasteiger partial charge in [0, 0.05) is 5.03 Å². The second-order valence-electron chi connectivity index (χ2n) is 2.17. The van der Waals surface area contributed by atoms with Gasteiger partial charge in [-0.2, -0.15) is 0 Å². The molecule has 0 aromatic carbocycles. The van der Waals surface area contributed by atoms with E-state index < -0.39 is 0 Å². The monoisotopic (exact) mass is 185 g/mol. The average Bonchev–Trinajstić information content (AvgIpc) is 2.51. The van der Waals surface area contributed by atoms with Crippen molar-refractivity contribution in [1.82, 2.24) is 15.3 Å². The molecule has 0 saturated carbocycles. The minimum atomic E-state index is -0.241. The molecule has 0 aliphatic carbocycles. The zero-order valence-corrected chi connectivity index (χ0v) is 7.06. The number of rotatable bonds is 3. The highest BCUT2D eigenvalue weighted by atomic mass is 35.5. The molecular weight excluding hydrogens is 178 g/mol. The largest absolute Gasteiger partial charge is 0.346 e. The van der Waals surface area contributed by atoms with E-state index in [0.717, 1.165) is 0 Å². The van der Waals surface area contributed by atoms with E-state index in [0.29, 0.717) is 10.7 Å². The second kappa shape index (κ2) is 3.92. The van der Waals surface area contributed by atoms with Crippen molar-refractivity contribution in [2.75, 3.05) is 6.54 Å². The van der Waals surface area contributed by atoms with Crippen LogP contribution in [0.3, 0.4) is 0 Å². The number of amides is 1. The molecule has 1 aromatic rings. The number of H-pyrrole nitrogens is 1. The summed E-state index contributed by atoms with van der Waals surface area (Å²) in [7, 11) is 0. The number of aromatic amines is 1. The summed E-state index contributed by atoms with van der Waals surface area (Å²) >= 11 is 5.45. The normalized spacial score (nSPS) is 9.42. The molecule has 4 nitrogen and oxygen atoms in total. The Hall–Kier alpha value is -1.29. The number of hydrogen-bond acceptors (Lipinski definition) is 2. The molecule has 0 aliphatic heterocycles. The van der Waals surface area contributed by atoms with Gasteiger partial charge in [0.2, 0.25) is 0 Å². The molecule has 0 atom stereocenters. The van der Waals surface area contributed by atoms with Crippen molar-refractivity contribution in [3.63, 3.8) is 0 Å². The Morgan fingerprint density at radius 1 is 1.83 bits per heavy atom. The van der Waals surface area contributed by atoms with Gasteiger partial charge in [-0.15, -0.1) is 0 Å². The molecule has 12 heavy (non-hydrogen) atoms. The zero-order valence-electron chi connectivity index (χ0n) is 6.30. The predicted octanol–water partition coefficient (Wildman–Crippen LogP) is 0.892. The number of hydrogen-bond donors (Lipinski definition) is 2. The molecule has 0 saturated heterocycles. The highest BCUT2D eigenvalue weighted by molar-refractivity contribution is 6.29. The van der Waals surface area contributed by atoms with Gasteiger partial charge >= 0.3 is 0 Å². The van der Waals surface area contributed by atoms with Crippen LogP contribution in [0.2, 0.25) is 0 Å². The summed E-state index contributed by atoms with van der Waals surface area (Å²) in [6.07, 6.45) is 2.87. The molecular formula is C7H8ClN3O. The Balaban J connectivity index is 2.45. The Labute approximate surface area is 74.6 Å². The van der Waals surface area contributed by atoms with E-state index in [2.05, 4.69) is 21.9 Å². The Morgan fingerprint density at radius 3 is 3.08 bits per heavy atom. The van der Waals surface area contributed by atoms with Crippen LogP contribution in [0.4, 0.5) is 0 Å². The molecule has 1 amide bonds. The van der Waals surface area contributed by atoms with Gasteiger partial charge in [0.15, 0.2) is 0 Å². The van der Waals surface area contributed by atoms with Crippen LogP contribution in [0.15, 0.2) is 24.1 Å². The number of imidazole rings is 1. The van der Waals surface area contributed by atoms with Crippen molar-refractivity contribution in [2.45, 2.75) is 0 Å². The highest BCUT2D eigenvalue weighted by Crippen LogP contribution is 1.95. The van der Waals surface area contributed by atoms with Crippen LogP contribution in [0.5, 0.6) is 0 Å². The van der Waals surface area contributed by atoms with Gasteiger partial charge in [0.05, 0.1) is 19.1 Å². The zero-order chi connectivity index (χ0) is 8.97. The lowest BCUT2D eigenvalue weighted by molar-refractivity contribution is 0.0953. The van der Waals surface area contributed by atoms with Crippen LogP contribution >= 0.6 is 11.6 Å². The molecule has 0 aliphatic rings. The Kier molecular flexibility index (Phi) is 2.88. The minimum Gasteiger partial charge on any atom is -0.346 e. The number of aromatic nitrogens is 2. The maximum atomic E-state index is 11.1. The Bertz CT molecular complexity index is 281. The summed E-state index contributed by atoms with van der Waals surface area (Å²) in [6.45, 7) is 3.70. The van der Waals surface area contributed by atoms with E-state index in [1.165, 1.54) is 12.5 Å².